The molecule has 1 aliphatic rings. The number of carbonyl (C=O) groups excluding carboxylic acids is 1. The van der Waals surface area contributed by atoms with Crippen LogP contribution in [0.2, 0.25) is 0 Å². The van der Waals surface area contributed by atoms with Gasteiger partial charge in [-0.2, -0.15) is 5.10 Å². The van der Waals surface area contributed by atoms with E-state index in [1.54, 1.807) is 11.7 Å². The lowest BCUT2D eigenvalue weighted by Crippen LogP contribution is -2.27. The molecule has 1 aromatic heterocycles. The van der Waals surface area contributed by atoms with Crippen LogP contribution in [0.1, 0.15) is 34.8 Å². The first kappa shape index (κ1) is 11.9. The van der Waals surface area contributed by atoms with E-state index in [2.05, 4.69) is 10.4 Å². The number of nitrogens with two attached hydrogens (primary N) is 1. The molecule has 6 heteroatoms. The SMILES string of the molecule is COC(=O)c1nn(C)c(N)c1C1CCNCC1. The number of nitrogen functional groups attached to an aromatic ring is 1. The van der Waals surface area contributed by atoms with E-state index in [1.807, 2.05) is 0 Å². The molecule has 1 aliphatic heterocycles. The summed E-state index contributed by atoms with van der Waals surface area (Å²) in [5.41, 5.74) is 7.21. The standard InChI is InChI=1S/C11H18N4O2/c1-15-10(12)8(7-3-5-13-6-4-7)9(14-15)11(16)17-2/h7,13H,3-6,12H2,1-2H3. The Kier molecular flexibility index (Phi) is 3.33. The first-order chi connectivity index (χ1) is 8.15. The molecule has 0 amide bonds. The maximum absolute atomic E-state index is 11.7. The molecule has 1 fully saturated rings. The van der Waals surface area contributed by atoms with Gasteiger partial charge < -0.3 is 15.8 Å². The summed E-state index contributed by atoms with van der Waals surface area (Å²) in [7, 11) is 3.10. The van der Waals surface area contributed by atoms with Crippen LogP contribution >= 0.6 is 0 Å². The second-order valence-corrected chi connectivity index (χ2v) is 4.29. The summed E-state index contributed by atoms with van der Waals surface area (Å²) >= 11 is 0. The minimum absolute atomic E-state index is 0.291. The van der Waals surface area contributed by atoms with Crippen LogP contribution in [0.4, 0.5) is 5.82 Å². The van der Waals surface area contributed by atoms with E-state index in [4.69, 9.17) is 10.5 Å². The molecule has 17 heavy (non-hydrogen) atoms. The maximum Gasteiger partial charge on any atom is 0.358 e. The van der Waals surface area contributed by atoms with E-state index in [-0.39, 0.29) is 0 Å². The van der Waals surface area contributed by atoms with Crippen molar-refractivity contribution in [1.29, 1.82) is 0 Å². The van der Waals surface area contributed by atoms with Gasteiger partial charge in [-0.05, 0) is 31.8 Å². The predicted molar refractivity (Wildman–Crippen MR) is 63.8 cm³/mol. The summed E-state index contributed by atoms with van der Waals surface area (Å²) in [6.45, 7) is 1.89. The molecule has 2 heterocycles. The van der Waals surface area contributed by atoms with Crippen molar-refractivity contribution in [2.45, 2.75) is 18.8 Å². The van der Waals surface area contributed by atoms with Gasteiger partial charge in [0.25, 0.3) is 0 Å². The third kappa shape index (κ3) is 2.12. The lowest BCUT2D eigenvalue weighted by Gasteiger charge is -2.22. The van der Waals surface area contributed by atoms with Crippen molar-refractivity contribution in [3.63, 3.8) is 0 Å². The number of hydrogen-bond donors (Lipinski definition) is 2. The quantitative estimate of drug-likeness (QED) is 0.722. The summed E-state index contributed by atoms with van der Waals surface area (Å²) < 4.78 is 6.30. The number of carbonyl (C=O) groups is 1. The number of aryl methyl sites for hydroxylation is 1. The van der Waals surface area contributed by atoms with Crippen LogP contribution in [0.15, 0.2) is 0 Å². The van der Waals surface area contributed by atoms with Crippen molar-refractivity contribution in [2.75, 3.05) is 25.9 Å². The topological polar surface area (TPSA) is 82.2 Å². The van der Waals surface area contributed by atoms with Gasteiger partial charge >= 0.3 is 5.97 Å². The van der Waals surface area contributed by atoms with E-state index >= 15 is 0 Å². The number of aromatic nitrogens is 2. The highest BCUT2D eigenvalue weighted by atomic mass is 16.5. The van der Waals surface area contributed by atoms with Crippen LogP contribution in [-0.2, 0) is 11.8 Å². The summed E-state index contributed by atoms with van der Waals surface area (Å²) in [6.07, 6.45) is 1.94. The molecule has 3 N–H and O–H groups in total. The van der Waals surface area contributed by atoms with Gasteiger partial charge in [-0.1, -0.05) is 0 Å². The van der Waals surface area contributed by atoms with Crippen LogP contribution < -0.4 is 11.1 Å². The smallest absolute Gasteiger partial charge is 0.358 e. The second-order valence-electron chi connectivity index (χ2n) is 4.29. The fraction of sp³-hybridized carbons (Fsp3) is 0.636. The van der Waals surface area contributed by atoms with Crippen molar-refractivity contribution in [3.8, 4) is 0 Å². The minimum atomic E-state index is -0.411. The van der Waals surface area contributed by atoms with Gasteiger partial charge in [-0.15, -0.1) is 0 Å². The van der Waals surface area contributed by atoms with Gasteiger partial charge in [0.15, 0.2) is 5.69 Å². The Hall–Kier alpha value is -1.56. The summed E-state index contributed by atoms with van der Waals surface area (Å²) in [5, 5.41) is 7.44. The first-order valence-corrected chi connectivity index (χ1v) is 5.76. The molecule has 0 unspecified atom stereocenters. The zero-order valence-electron chi connectivity index (χ0n) is 10.2. The van der Waals surface area contributed by atoms with Crippen LogP contribution in [0.5, 0.6) is 0 Å². The van der Waals surface area contributed by atoms with Gasteiger partial charge in [-0.25, -0.2) is 4.79 Å². The van der Waals surface area contributed by atoms with Crippen LogP contribution in [0, 0.1) is 0 Å². The Balaban J connectivity index is 2.39. The molecule has 0 radical (unpaired) electrons. The molecule has 1 saturated heterocycles. The van der Waals surface area contributed by atoms with Crippen molar-refractivity contribution in [2.24, 2.45) is 7.05 Å². The number of methoxy groups -OCH3 is 1. The van der Waals surface area contributed by atoms with Gasteiger partial charge in [0.05, 0.1) is 7.11 Å². The van der Waals surface area contributed by atoms with E-state index in [0.29, 0.717) is 17.4 Å². The Morgan fingerprint density at radius 2 is 2.18 bits per heavy atom. The number of hydrogen-bond acceptors (Lipinski definition) is 5. The molecule has 0 atom stereocenters. The van der Waals surface area contributed by atoms with Gasteiger partial charge in [-0.3, -0.25) is 4.68 Å². The van der Waals surface area contributed by atoms with Crippen molar-refractivity contribution in [3.05, 3.63) is 11.3 Å². The number of ether oxygens (including phenoxy) is 1. The third-order valence-corrected chi connectivity index (χ3v) is 3.26. The van der Waals surface area contributed by atoms with Gasteiger partial charge in [0, 0.05) is 12.6 Å². The van der Waals surface area contributed by atoms with E-state index in [9.17, 15) is 4.79 Å². The molecule has 6 nitrogen and oxygen atoms in total. The average molecular weight is 238 g/mol. The normalized spacial score (nSPS) is 17.1. The number of esters is 1. The van der Waals surface area contributed by atoms with Crippen molar-refractivity contribution < 1.29 is 9.53 Å². The monoisotopic (exact) mass is 238 g/mol. The van der Waals surface area contributed by atoms with E-state index in [1.165, 1.54) is 7.11 Å². The number of nitrogens with zero attached hydrogens (tertiary/aromatic N) is 2. The van der Waals surface area contributed by atoms with Crippen LogP contribution in [0.25, 0.3) is 0 Å². The molecule has 0 bridgehead atoms. The highest BCUT2D eigenvalue weighted by Crippen LogP contribution is 2.32. The summed E-state index contributed by atoms with van der Waals surface area (Å²) in [5.74, 6) is 0.446. The highest BCUT2D eigenvalue weighted by Gasteiger charge is 2.28. The molecule has 1 aromatic rings. The highest BCUT2D eigenvalue weighted by molar-refractivity contribution is 5.90. The zero-order valence-corrected chi connectivity index (χ0v) is 10.2. The van der Waals surface area contributed by atoms with E-state index in [0.717, 1.165) is 31.5 Å². The fourth-order valence-corrected chi connectivity index (χ4v) is 2.31. The molecular weight excluding hydrogens is 220 g/mol. The summed E-state index contributed by atoms with van der Waals surface area (Å²) in [6, 6.07) is 0. The first-order valence-electron chi connectivity index (χ1n) is 5.76. The van der Waals surface area contributed by atoms with Gasteiger partial charge in [0.1, 0.15) is 5.82 Å². The van der Waals surface area contributed by atoms with E-state index < -0.39 is 5.97 Å². The maximum atomic E-state index is 11.7. The molecule has 94 valence electrons. The molecule has 0 aromatic carbocycles. The zero-order chi connectivity index (χ0) is 12.4. The lowest BCUT2D eigenvalue weighted by atomic mass is 9.89. The van der Waals surface area contributed by atoms with Crippen molar-refractivity contribution >= 4 is 11.8 Å². The van der Waals surface area contributed by atoms with Crippen LogP contribution in [-0.4, -0.2) is 35.9 Å². The largest absolute Gasteiger partial charge is 0.464 e. The van der Waals surface area contributed by atoms with Crippen molar-refractivity contribution in [1.82, 2.24) is 15.1 Å². The Morgan fingerprint density at radius 1 is 1.53 bits per heavy atom. The minimum Gasteiger partial charge on any atom is -0.464 e. The molecule has 0 aliphatic carbocycles. The Bertz CT molecular complexity index is 421. The number of piperidine rings is 1. The lowest BCUT2D eigenvalue weighted by molar-refractivity contribution is 0.0591. The third-order valence-electron chi connectivity index (χ3n) is 3.26. The summed E-state index contributed by atoms with van der Waals surface area (Å²) in [4.78, 5) is 11.7. The molecule has 0 spiro atoms. The Labute approximate surface area is 100 Å². The number of anilines is 1. The molecule has 0 saturated carbocycles. The van der Waals surface area contributed by atoms with Gasteiger partial charge in [0.2, 0.25) is 0 Å². The number of nitrogens with one attached hydrogen (secondary N) is 1. The van der Waals surface area contributed by atoms with Crippen LogP contribution in [0.3, 0.4) is 0 Å². The fourth-order valence-electron chi connectivity index (χ4n) is 2.31. The number of rotatable bonds is 2. The second kappa shape index (κ2) is 4.75. The molecular formula is C11H18N4O2. The predicted octanol–water partition coefficient (Wildman–Crippen LogP) is 0.256. The average Bonchev–Trinajstić information content (AvgIpc) is 2.66. The molecule has 2 rings (SSSR count). The Morgan fingerprint density at radius 3 is 2.76 bits per heavy atom.